The van der Waals surface area contributed by atoms with Crippen molar-refractivity contribution in [2.24, 2.45) is 5.92 Å². The molecule has 0 spiro atoms. The minimum atomic E-state index is -0.653. The Balaban J connectivity index is 1.67. The van der Waals surface area contributed by atoms with E-state index < -0.39 is 5.97 Å². The lowest BCUT2D eigenvalue weighted by Gasteiger charge is -2.06. The fourth-order valence-electron chi connectivity index (χ4n) is 3.39. The molecule has 0 saturated carbocycles. The predicted molar refractivity (Wildman–Crippen MR) is 94.1 cm³/mol. The average Bonchev–Trinajstić information content (AvgIpc) is 3.00. The predicted octanol–water partition coefficient (Wildman–Crippen LogP) is 6.50. The molecule has 2 nitrogen and oxygen atoms in total. The zero-order chi connectivity index (χ0) is 15.9. The molecule has 0 unspecified atom stereocenters. The molecule has 0 heterocycles. The highest BCUT2D eigenvalue weighted by molar-refractivity contribution is 5.66. The summed E-state index contributed by atoms with van der Waals surface area (Å²) in [6, 6.07) is 0. The summed E-state index contributed by atoms with van der Waals surface area (Å²) in [6.07, 6.45) is 24.8. The van der Waals surface area contributed by atoms with Crippen LogP contribution in [0.1, 0.15) is 103 Å². The fraction of sp³-hybridized carbons (Fsp3) is 0.850. The van der Waals surface area contributed by atoms with Gasteiger partial charge in [0.25, 0.3) is 0 Å². The van der Waals surface area contributed by atoms with Gasteiger partial charge >= 0.3 is 5.97 Å². The van der Waals surface area contributed by atoms with Gasteiger partial charge in [-0.05, 0) is 31.6 Å². The van der Waals surface area contributed by atoms with Gasteiger partial charge in [0.1, 0.15) is 0 Å². The fourth-order valence-corrected chi connectivity index (χ4v) is 3.39. The molecule has 0 aromatic heterocycles. The first kappa shape index (κ1) is 19.3. The van der Waals surface area contributed by atoms with Crippen molar-refractivity contribution in [2.45, 2.75) is 103 Å². The van der Waals surface area contributed by atoms with Gasteiger partial charge in [-0.2, -0.15) is 0 Å². The van der Waals surface area contributed by atoms with Crippen molar-refractivity contribution in [3.8, 4) is 0 Å². The van der Waals surface area contributed by atoms with E-state index >= 15 is 0 Å². The Bertz CT molecular complexity index is 296. The third-order valence-electron chi connectivity index (χ3n) is 4.83. The molecule has 22 heavy (non-hydrogen) atoms. The standard InChI is InChI=1S/C20H36O2/c21-20(22)18-12-10-8-6-4-2-1-3-5-7-9-11-15-19-16-13-14-17-19/h13,16,19H,1-12,14-15,17-18H2,(H,21,22)/t19-/m1/s1. The number of unbranched alkanes of at least 4 members (excludes halogenated alkanes) is 11. The molecule has 0 aromatic carbocycles. The maximum atomic E-state index is 10.4. The second kappa shape index (κ2) is 13.8. The van der Waals surface area contributed by atoms with E-state index in [0.717, 1.165) is 18.8 Å². The van der Waals surface area contributed by atoms with E-state index in [9.17, 15) is 4.79 Å². The van der Waals surface area contributed by atoms with E-state index in [1.54, 1.807) is 0 Å². The van der Waals surface area contributed by atoms with Crippen LogP contribution in [0.5, 0.6) is 0 Å². The Morgan fingerprint density at radius 1 is 0.818 bits per heavy atom. The Kier molecular flexibility index (Phi) is 12.1. The zero-order valence-electron chi connectivity index (χ0n) is 14.4. The van der Waals surface area contributed by atoms with Crippen molar-refractivity contribution in [3.05, 3.63) is 12.2 Å². The van der Waals surface area contributed by atoms with Gasteiger partial charge in [0.15, 0.2) is 0 Å². The van der Waals surface area contributed by atoms with Gasteiger partial charge < -0.3 is 5.11 Å². The van der Waals surface area contributed by atoms with Gasteiger partial charge in [0.05, 0.1) is 0 Å². The molecule has 0 fully saturated rings. The summed E-state index contributed by atoms with van der Waals surface area (Å²) in [6.45, 7) is 0. The molecule has 0 aliphatic heterocycles. The summed E-state index contributed by atoms with van der Waals surface area (Å²) in [5.74, 6) is 0.246. The van der Waals surface area contributed by atoms with Crippen LogP contribution >= 0.6 is 0 Å². The molecule has 0 aromatic rings. The van der Waals surface area contributed by atoms with E-state index in [-0.39, 0.29) is 0 Å². The first-order valence-electron chi connectivity index (χ1n) is 9.67. The van der Waals surface area contributed by atoms with Gasteiger partial charge in [-0.15, -0.1) is 0 Å². The second-order valence-electron chi connectivity index (χ2n) is 6.94. The van der Waals surface area contributed by atoms with E-state index in [2.05, 4.69) is 12.2 Å². The highest BCUT2D eigenvalue weighted by atomic mass is 16.4. The lowest BCUT2D eigenvalue weighted by Crippen LogP contribution is -1.93. The Morgan fingerprint density at radius 3 is 1.77 bits per heavy atom. The van der Waals surface area contributed by atoms with Crippen molar-refractivity contribution in [3.63, 3.8) is 0 Å². The first-order valence-corrected chi connectivity index (χ1v) is 9.67. The van der Waals surface area contributed by atoms with Crippen molar-refractivity contribution >= 4 is 5.97 Å². The summed E-state index contributed by atoms with van der Waals surface area (Å²) in [7, 11) is 0. The normalized spacial score (nSPS) is 17.2. The Morgan fingerprint density at radius 2 is 1.32 bits per heavy atom. The number of rotatable bonds is 15. The largest absolute Gasteiger partial charge is 0.481 e. The van der Waals surface area contributed by atoms with E-state index in [1.807, 2.05) is 0 Å². The van der Waals surface area contributed by atoms with Gasteiger partial charge in [-0.25, -0.2) is 0 Å². The van der Waals surface area contributed by atoms with Crippen molar-refractivity contribution in [1.82, 2.24) is 0 Å². The van der Waals surface area contributed by atoms with Crippen LogP contribution in [0.2, 0.25) is 0 Å². The van der Waals surface area contributed by atoms with Gasteiger partial charge in [0, 0.05) is 6.42 Å². The Hall–Kier alpha value is -0.790. The highest BCUT2D eigenvalue weighted by Crippen LogP contribution is 2.23. The van der Waals surface area contributed by atoms with Gasteiger partial charge in [-0.3, -0.25) is 4.79 Å². The number of carboxylic acids is 1. The zero-order valence-corrected chi connectivity index (χ0v) is 14.4. The van der Waals surface area contributed by atoms with Crippen LogP contribution in [-0.4, -0.2) is 11.1 Å². The van der Waals surface area contributed by atoms with Crippen LogP contribution in [0.25, 0.3) is 0 Å². The van der Waals surface area contributed by atoms with Crippen LogP contribution in [0.15, 0.2) is 12.2 Å². The summed E-state index contributed by atoms with van der Waals surface area (Å²) >= 11 is 0. The van der Waals surface area contributed by atoms with Crippen LogP contribution in [0.3, 0.4) is 0 Å². The van der Waals surface area contributed by atoms with E-state index in [0.29, 0.717) is 6.42 Å². The van der Waals surface area contributed by atoms with Crippen LogP contribution in [-0.2, 0) is 4.79 Å². The molecule has 0 amide bonds. The summed E-state index contributed by atoms with van der Waals surface area (Å²) in [5, 5.41) is 8.54. The molecular weight excluding hydrogens is 272 g/mol. The molecule has 0 radical (unpaired) electrons. The average molecular weight is 309 g/mol. The van der Waals surface area contributed by atoms with Crippen LogP contribution in [0, 0.1) is 5.92 Å². The molecule has 1 atom stereocenters. The minimum absolute atomic E-state index is 0.344. The minimum Gasteiger partial charge on any atom is -0.481 e. The third-order valence-corrected chi connectivity index (χ3v) is 4.83. The maximum absolute atomic E-state index is 10.4. The lowest BCUT2D eigenvalue weighted by molar-refractivity contribution is -0.137. The number of allylic oxidation sites excluding steroid dienone is 2. The molecule has 0 saturated heterocycles. The molecular formula is C20H36O2. The quantitative estimate of drug-likeness (QED) is 0.277. The molecule has 1 aliphatic rings. The maximum Gasteiger partial charge on any atom is 0.303 e. The summed E-state index contributed by atoms with van der Waals surface area (Å²) in [4.78, 5) is 10.4. The number of carboxylic acid groups (broad SMARTS) is 1. The summed E-state index contributed by atoms with van der Waals surface area (Å²) in [5.41, 5.74) is 0. The first-order chi connectivity index (χ1) is 10.8. The molecule has 0 bridgehead atoms. The Labute approximate surface area is 137 Å². The molecule has 1 N–H and O–H groups in total. The second-order valence-corrected chi connectivity index (χ2v) is 6.94. The van der Waals surface area contributed by atoms with Gasteiger partial charge in [0.2, 0.25) is 0 Å². The number of carbonyl (C=O) groups is 1. The monoisotopic (exact) mass is 308 g/mol. The van der Waals surface area contributed by atoms with Crippen molar-refractivity contribution in [2.75, 3.05) is 0 Å². The number of hydrogen-bond donors (Lipinski definition) is 1. The molecule has 1 rings (SSSR count). The van der Waals surface area contributed by atoms with Crippen LogP contribution in [0.4, 0.5) is 0 Å². The SMILES string of the molecule is O=C(O)CCCCCCCCCCCCCC[C@@H]1C=CCC1. The van der Waals surface area contributed by atoms with Crippen molar-refractivity contribution in [1.29, 1.82) is 0 Å². The van der Waals surface area contributed by atoms with E-state index in [1.165, 1.54) is 83.5 Å². The number of aliphatic carboxylic acids is 1. The topological polar surface area (TPSA) is 37.3 Å². The smallest absolute Gasteiger partial charge is 0.303 e. The third kappa shape index (κ3) is 11.8. The molecule has 1 aliphatic carbocycles. The van der Waals surface area contributed by atoms with Gasteiger partial charge in [-0.1, -0.05) is 82.8 Å². The number of hydrogen-bond acceptors (Lipinski definition) is 1. The molecule has 128 valence electrons. The highest BCUT2D eigenvalue weighted by Gasteiger charge is 2.07. The van der Waals surface area contributed by atoms with E-state index in [4.69, 9.17) is 5.11 Å². The van der Waals surface area contributed by atoms with Crippen LogP contribution < -0.4 is 0 Å². The van der Waals surface area contributed by atoms with Crippen molar-refractivity contribution < 1.29 is 9.90 Å². The lowest BCUT2D eigenvalue weighted by atomic mass is 9.99. The summed E-state index contributed by atoms with van der Waals surface area (Å²) < 4.78 is 0. The molecule has 2 heteroatoms.